The SMILES string of the molecule is c1ccc(C2[NH2+]C(c3cccc4oc5ccc(-c6cccc7oc8ccc(-c9cccc%10oc%11ccccc%11c9%10)cc8c67)cc5c34)[NH+]2c2ccccc2)cc1. The van der Waals surface area contributed by atoms with Crippen molar-refractivity contribution in [2.75, 3.05) is 0 Å². The summed E-state index contributed by atoms with van der Waals surface area (Å²) in [5.41, 5.74) is 13.7. The summed E-state index contributed by atoms with van der Waals surface area (Å²) in [4.78, 5) is 1.43. The minimum absolute atomic E-state index is 0.164. The Kier molecular flexibility index (Phi) is 6.55. The van der Waals surface area contributed by atoms with Gasteiger partial charge in [-0.1, -0.05) is 97.1 Å². The third kappa shape index (κ3) is 4.61. The van der Waals surface area contributed by atoms with Crippen molar-refractivity contribution in [2.24, 2.45) is 0 Å². The molecule has 0 aliphatic carbocycles. The van der Waals surface area contributed by atoms with Crippen LogP contribution in [0, 0.1) is 0 Å². The van der Waals surface area contributed by atoms with Crippen molar-refractivity contribution in [3.05, 3.63) is 187 Å². The summed E-state index contributed by atoms with van der Waals surface area (Å²) >= 11 is 0. The number of rotatable bonds is 5. The Hall–Kier alpha value is -6.92. The van der Waals surface area contributed by atoms with E-state index >= 15 is 0 Å². The van der Waals surface area contributed by atoms with E-state index < -0.39 is 0 Å². The number of hydrogen-bond acceptors (Lipinski definition) is 3. The first-order valence-electron chi connectivity index (χ1n) is 18.9. The molecular weight excluding hydrogens is 677 g/mol. The van der Waals surface area contributed by atoms with Gasteiger partial charge in [-0.2, -0.15) is 4.90 Å². The highest BCUT2D eigenvalue weighted by Crippen LogP contribution is 2.43. The molecule has 3 unspecified atom stereocenters. The van der Waals surface area contributed by atoms with Crippen LogP contribution in [0.25, 0.3) is 88.1 Å². The van der Waals surface area contributed by atoms with Crippen molar-refractivity contribution in [3.63, 3.8) is 0 Å². The van der Waals surface area contributed by atoms with Crippen LogP contribution in [0.3, 0.4) is 0 Å². The van der Waals surface area contributed by atoms with Crippen LogP contribution in [0.1, 0.15) is 23.5 Å². The van der Waals surface area contributed by atoms with Crippen LogP contribution in [0.4, 0.5) is 5.69 Å². The maximum Gasteiger partial charge on any atom is 0.253 e. The summed E-state index contributed by atoms with van der Waals surface area (Å²) in [7, 11) is 0. The predicted octanol–water partition coefficient (Wildman–Crippen LogP) is 11.2. The van der Waals surface area contributed by atoms with Crippen LogP contribution in [0.15, 0.2) is 189 Å². The molecule has 11 aromatic rings. The Morgan fingerprint density at radius 2 is 0.891 bits per heavy atom. The molecule has 1 aliphatic heterocycles. The standard InChI is InChI=1S/C50H32N2O3/c1-3-12-30(13-4-1)49-51-50(52(49)33-14-5-2-6-15-33)37-19-11-23-45-48(37)39-29-32(25-27-42(39)55-45)35-18-10-22-44-47(35)38-28-31(24-26-41(38)54-44)34-17-9-21-43-46(34)36-16-7-8-20-40(36)53-43/h1-29,49-51H/p+2. The molecule has 0 spiro atoms. The quantitative estimate of drug-likeness (QED) is 0.187. The number of fused-ring (bicyclic) bond motifs is 9. The van der Waals surface area contributed by atoms with E-state index in [-0.39, 0.29) is 12.3 Å². The predicted molar refractivity (Wildman–Crippen MR) is 220 cm³/mol. The lowest BCUT2D eigenvalue weighted by molar-refractivity contribution is -1.22. The maximum atomic E-state index is 6.57. The van der Waals surface area contributed by atoms with Gasteiger partial charge in [0.2, 0.25) is 0 Å². The molecule has 4 heterocycles. The number of nitrogens with one attached hydrogen (secondary N) is 1. The topological polar surface area (TPSA) is 60.5 Å². The van der Waals surface area contributed by atoms with Gasteiger partial charge in [0.15, 0.2) is 0 Å². The van der Waals surface area contributed by atoms with Crippen LogP contribution in [0.5, 0.6) is 0 Å². The second-order valence-electron chi connectivity index (χ2n) is 14.7. The van der Waals surface area contributed by atoms with E-state index in [4.69, 9.17) is 13.3 Å². The molecule has 3 atom stereocenters. The van der Waals surface area contributed by atoms with Crippen LogP contribution in [-0.2, 0) is 0 Å². The Balaban J connectivity index is 1.02. The number of benzene rings is 8. The molecule has 12 rings (SSSR count). The molecule has 0 radical (unpaired) electrons. The first kappa shape index (κ1) is 30.5. The Morgan fingerprint density at radius 1 is 0.382 bits per heavy atom. The molecule has 3 N–H and O–H groups in total. The smallest absolute Gasteiger partial charge is 0.253 e. The average molecular weight is 711 g/mol. The van der Waals surface area contributed by atoms with E-state index in [2.05, 4.69) is 169 Å². The first-order chi connectivity index (χ1) is 27.3. The molecule has 1 aliphatic rings. The van der Waals surface area contributed by atoms with Gasteiger partial charge in [0, 0.05) is 32.3 Å². The highest BCUT2D eigenvalue weighted by Gasteiger charge is 2.51. The van der Waals surface area contributed by atoms with Gasteiger partial charge in [0.05, 0.1) is 11.1 Å². The zero-order valence-electron chi connectivity index (χ0n) is 29.7. The molecule has 3 aromatic heterocycles. The second kappa shape index (κ2) is 11.8. The van der Waals surface area contributed by atoms with Gasteiger partial charge in [0.25, 0.3) is 12.3 Å². The Labute approximate surface area is 315 Å². The van der Waals surface area contributed by atoms with Crippen molar-refractivity contribution < 1.29 is 23.5 Å². The second-order valence-corrected chi connectivity index (χ2v) is 14.7. The summed E-state index contributed by atoms with van der Waals surface area (Å²) in [5.74, 6) is 0. The number of furan rings is 3. The number of hydrogen-bond donors (Lipinski definition) is 2. The molecule has 8 aromatic carbocycles. The zero-order valence-corrected chi connectivity index (χ0v) is 29.7. The van der Waals surface area contributed by atoms with Crippen LogP contribution in [-0.4, -0.2) is 0 Å². The normalized spacial score (nSPS) is 17.2. The van der Waals surface area contributed by atoms with Crippen molar-refractivity contribution in [1.29, 1.82) is 0 Å². The summed E-state index contributed by atoms with van der Waals surface area (Å²) in [6, 6.07) is 62.4. The van der Waals surface area contributed by atoms with Crippen LogP contribution >= 0.6 is 0 Å². The Morgan fingerprint density at radius 3 is 1.56 bits per heavy atom. The lowest BCUT2D eigenvalue weighted by atomic mass is 9.94. The van der Waals surface area contributed by atoms with E-state index in [0.717, 1.165) is 82.7 Å². The van der Waals surface area contributed by atoms with Gasteiger partial charge < -0.3 is 13.3 Å². The molecule has 0 amide bonds. The third-order valence-electron chi connectivity index (χ3n) is 11.7. The van der Waals surface area contributed by atoms with E-state index in [1.165, 1.54) is 27.1 Å². The van der Waals surface area contributed by atoms with Gasteiger partial charge in [-0.3, -0.25) is 0 Å². The Bertz CT molecular complexity index is 3270. The van der Waals surface area contributed by atoms with E-state index in [0.29, 0.717) is 0 Å². The first-order valence-corrected chi connectivity index (χ1v) is 18.9. The van der Waals surface area contributed by atoms with E-state index in [9.17, 15) is 0 Å². The highest BCUT2D eigenvalue weighted by molar-refractivity contribution is 6.17. The van der Waals surface area contributed by atoms with Crippen molar-refractivity contribution >= 4 is 71.5 Å². The molecule has 0 bridgehead atoms. The molecular formula is C50H34N2O3+2. The number of para-hydroxylation sites is 2. The fourth-order valence-corrected chi connectivity index (χ4v) is 9.22. The van der Waals surface area contributed by atoms with E-state index in [1.807, 2.05) is 12.1 Å². The van der Waals surface area contributed by atoms with Crippen LogP contribution in [0.2, 0.25) is 0 Å². The molecule has 5 heteroatoms. The summed E-state index contributed by atoms with van der Waals surface area (Å²) in [5, 5.41) is 9.23. The van der Waals surface area contributed by atoms with Gasteiger partial charge in [0.1, 0.15) is 39.2 Å². The summed E-state index contributed by atoms with van der Waals surface area (Å²) in [6.07, 6.45) is 0.422. The maximum absolute atomic E-state index is 6.57. The summed E-state index contributed by atoms with van der Waals surface area (Å²) in [6.45, 7) is 0. The van der Waals surface area contributed by atoms with Gasteiger partial charge in [-0.25, -0.2) is 5.32 Å². The molecule has 1 fully saturated rings. The lowest BCUT2D eigenvalue weighted by Crippen LogP contribution is -3.37. The van der Waals surface area contributed by atoms with Gasteiger partial charge >= 0.3 is 0 Å². The molecule has 5 nitrogen and oxygen atoms in total. The van der Waals surface area contributed by atoms with Gasteiger partial charge in [-0.05, 0) is 101 Å². The zero-order chi connectivity index (χ0) is 36.0. The molecule has 1 saturated heterocycles. The van der Waals surface area contributed by atoms with E-state index in [1.54, 1.807) is 0 Å². The summed E-state index contributed by atoms with van der Waals surface area (Å²) < 4.78 is 19.3. The largest absolute Gasteiger partial charge is 0.456 e. The van der Waals surface area contributed by atoms with Crippen molar-refractivity contribution in [3.8, 4) is 22.3 Å². The lowest BCUT2D eigenvalue weighted by Gasteiger charge is -2.41. The molecule has 55 heavy (non-hydrogen) atoms. The number of quaternary nitrogens is 2. The average Bonchev–Trinajstić information content (AvgIpc) is 3.92. The fraction of sp³-hybridized carbons (Fsp3) is 0.0400. The third-order valence-corrected chi connectivity index (χ3v) is 11.7. The number of nitrogens with two attached hydrogens (primary N) is 1. The minimum atomic E-state index is 0.164. The van der Waals surface area contributed by atoms with Crippen molar-refractivity contribution in [1.82, 2.24) is 0 Å². The molecule has 0 saturated carbocycles. The molecule has 260 valence electrons. The van der Waals surface area contributed by atoms with Crippen LogP contribution < -0.4 is 10.2 Å². The van der Waals surface area contributed by atoms with Crippen molar-refractivity contribution in [2.45, 2.75) is 12.3 Å². The minimum Gasteiger partial charge on any atom is -0.456 e. The fourth-order valence-electron chi connectivity index (χ4n) is 9.22. The van der Waals surface area contributed by atoms with Gasteiger partial charge in [-0.15, -0.1) is 0 Å². The monoisotopic (exact) mass is 710 g/mol. The highest BCUT2D eigenvalue weighted by atomic mass is 16.3.